The molecule has 7 rings (SSSR count). The Hall–Kier alpha value is -6.45. The number of para-hydroxylation sites is 2. The number of phenolic OH excluding ortho intramolecular Hbond substituents is 1. The number of hydrogen-bond donors (Lipinski definition) is 2. The summed E-state index contributed by atoms with van der Waals surface area (Å²) in [5, 5.41) is 14.8. The third kappa shape index (κ3) is 8.17. The first kappa shape index (κ1) is 39.8. The van der Waals surface area contributed by atoms with Crippen molar-refractivity contribution in [1.82, 2.24) is 14.5 Å². The molecule has 0 bridgehead atoms. The Morgan fingerprint density at radius 3 is 2.00 bits per heavy atom. The Morgan fingerprint density at radius 2 is 1.34 bits per heavy atom. The van der Waals surface area contributed by atoms with Gasteiger partial charge in [0.05, 0.1) is 23.3 Å². The van der Waals surface area contributed by atoms with Gasteiger partial charge in [-0.05, 0) is 123 Å². The third-order valence-electron chi connectivity index (χ3n) is 10.8. The lowest BCUT2D eigenvalue weighted by atomic mass is 9.80. The molecule has 7 aromatic rings. The van der Waals surface area contributed by atoms with Crippen LogP contribution in [-0.4, -0.2) is 19.6 Å². The van der Waals surface area contributed by atoms with Crippen LogP contribution in [0.3, 0.4) is 0 Å². The number of nitrogens with zero attached hydrogens (tertiary/aromatic N) is 4. The molecule has 0 atom stereocenters. The molecule has 0 unspecified atom stereocenters. The molecule has 292 valence electrons. The minimum Gasteiger partial charge on any atom is -0.507 e. The summed E-state index contributed by atoms with van der Waals surface area (Å²) in [7, 11) is 0. The van der Waals surface area contributed by atoms with Gasteiger partial charge in [0.15, 0.2) is 5.69 Å². The summed E-state index contributed by atoms with van der Waals surface area (Å²) in [6.45, 7) is 30.0. The fraction of sp³-hybridized carbons (Fsp3) is 0.250. The highest BCUT2D eigenvalue weighted by atomic mass is 16.3. The standard InChI is InChI=1S/C52H53N5O/c1-33(32-55-40-16-13-12-14-17-40)34-22-23-54-45(27-34)36-24-35(25-37(26-36)50(2,3)4)43-18-15-19-46-48(43)56-49(44-31-41(53-11)20-21-47(44)58)57(46)42-29-38(51(5,6)7)28-39(30-42)52(8,9)10/h12-32,55,58H,1-10H3/b33-32-. The van der Waals surface area contributed by atoms with Crippen molar-refractivity contribution in [2.24, 2.45) is 0 Å². The second-order valence-corrected chi connectivity index (χ2v) is 18.3. The van der Waals surface area contributed by atoms with Gasteiger partial charge in [0.25, 0.3) is 0 Å². The molecule has 0 aliphatic heterocycles. The molecule has 6 heteroatoms. The van der Waals surface area contributed by atoms with Crippen molar-refractivity contribution in [2.45, 2.75) is 85.5 Å². The first-order valence-electron chi connectivity index (χ1n) is 19.9. The van der Waals surface area contributed by atoms with E-state index >= 15 is 0 Å². The maximum absolute atomic E-state index is 11.4. The van der Waals surface area contributed by atoms with Crippen LogP contribution in [0.5, 0.6) is 5.75 Å². The highest BCUT2D eigenvalue weighted by Crippen LogP contribution is 2.42. The van der Waals surface area contributed by atoms with Crippen molar-refractivity contribution in [3.8, 4) is 45.2 Å². The molecule has 0 radical (unpaired) electrons. The van der Waals surface area contributed by atoms with Gasteiger partial charge in [-0.3, -0.25) is 9.55 Å². The molecule has 0 fully saturated rings. The summed E-state index contributed by atoms with van der Waals surface area (Å²) < 4.78 is 2.16. The Kier molecular flexibility index (Phi) is 10.4. The number of aromatic nitrogens is 3. The molecule has 0 aliphatic rings. The molecular weight excluding hydrogens is 711 g/mol. The van der Waals surface area contributed by atoms with E-state index in [9.17, 15) is 5.11 Å². The molecule has 0 aliphatic carbocycles. The van der Waals surface area contributed by atoms with Crippen molar-refractivity contribution in [1.29, 1.82) is 0 Å². The van der Waals surface area contributed by atoms with Crippen LogP contribution in [0.4, 0.5) is 11.4 Å². The first-order chi connectivity index (χ1) is 27.4. The molecule has 0 saturated heterocycles. The van der Waals surface area contributed by atoms with Gasteiger partial charge in [-0.1, -0.05) is 111 Å². The second kappa shape index (κ2) is 15.1. The van der Waals surface area contributed by atoms with E-state index in [-0.39, 0.29) is 22.0 Å². The van der Waals surface area contributed by atoms with Crippen LogP contribution in [0.2, 0.25) is 0 Å². The number of allylic oxidation sites excluding steroid dienone is 1. The maximum atomic E-state index is 11.4. The van der Waals surface area contributed by atoms with Crippen LogP contribution in [0, 0.1) is 6.57 Å². The lowest BCUT2D eigenvalue weighted by Gasteiger charge is -2.27. The second-order valence-electron chi connectivity index (χ2n) is 18.3. The van der Waals surface area contributed by atoms with Crippen LogP contribution in [0.15, 0.2) is 128 Å². The lowest BCUT2D eigenvalue weighted by molar-refractivity contribution is 0.477. The Labute approximate surface area is 343 Å². The average Bonchev–Trinajstić information content (AvgIpc) is 3.59. The quantitative estimate of drug-likeness (QED) is 0.159. The summed E-state index contributed by atoms with van der Waals surface area (Å²) >= 11 is 0. The number of rotatable bonds is 7. The largest absolute Gasteiger partial charge is 0.507 e. The number of anilines is 1. The van der Waals surface area contributed by atoms with Crippen molar-refractivity contribution in [2.75, 3.05) is 5.32 Å². The number of fused-ring (bicyclic) bond motifs is 1. The van der Waals surface area contributed by atoms with E-state index in [1.54, 1.807) is 18.2 Å². The predicted molar refractivity (Wildman–Crippen MR) is 243 cm³/mol. The predicted octanol–water partition coefficient (Wildman–Crippen LogP) is 14.0. The van der Waals surface area contributed by atoms with Gasteiger partial charge in [0, 0.05) is 40.5 Å². The normalized spacial score (nSPS) is 12.5. The zero-order valence-corrected chi connectivity index (χ0v) is 35.4. The monoisotopic (exact) mass is 763 g/mol. The van der Waals surface area contributed by atoms with Gasteiger partial charge >= 0.3 is 0 Å². The topological polar surface area (TPSA) is 67.3 Å². The number of aromatic hydroxyl groups is 1. The zero-order chi connectivity index (χ0) is 41.6. The average molecular weight is 764 g/mol. The van der Waals surface area contributed by atoms with Crippen molar-refractivity contribution >= 4 is 28.0 Å². The summed E-state index contributed by atoms with van der Waals surface area (Å²) in [5.74, 6) is 0.643. The summed E-state index contributed by atoms with van der Waals surface area (Å²) in [6.07, 6.45) is 3.91. The number of benzene rings is 5. The van der Waals surface area contributed by atoms with E-state index in [0.717, 1.165) is 55.9 Å². The van der Waals surface area contributed by atoms with E-state index in [0.29, 0.717) is 17.1 Å². The van der Waals surface area contributed by atoms with Gasteiger partial charge in [-0.2, -0.15) is 0 Å². The summed E-state index contributed by atoms with van der Waals surface area (Å²) in [5.41, 5.74) is 13.9. The molecule has 6 nitrogen and oxygen atoms in total. The van der Waals surface area contributed by atoms with Crippen LogP contribution in [0.1, 0.15) is 91.5 Å². The molecule has 0 spiro atoms. The summed E-state index contributed by atoms with van der Waals surface area (Å²) in [4.78, 5) is 14.0. The van der Waals surface area contributed by atoms with Crippen LogP contribution in [0.25, 0.3) is 60.9 Å². The molecule has 0 saturated carbocycles. The van der Waals surface area contributed by atoms with E-state index < -0.39 is 0 Å². The van der Waals surface area contributed by atoms with E-state index in [1.807, 2.05) is 48.8 Å². The fourth-order valence-corrected chi connectivity index (χ4v) is 7.16. The molecule has 58 heavy (non-hydrogen) atoms. The first-order valence-corrected chi connectivity index (χ1v) is 19.9. The minimum atomic E-state index is -0.154. The van der Waals surface area contributed by atoms with Gasteiger partial charge in [-0.15, -0.1) is 0 Å². The zero-order valence-electron chi connectivity index (χ0n) is 35.4. The number of imidazole rings is 1. The number of pyridine rings is 1. The van der Waals surface area contributed by atoms with Gasteiger partial charge < -0.3 is 10.4 Å². The van der Waals surface area contributed by atoms with Gasteiger partial charge in [-0.25, -0.2) is 9.83 Å². The Balaban J connectivity index is 1.46. The number of nitrogens with one attached hydrogen (secondary N) is 1. The number of hydrogen-bond acceptors (Lipinski definition) is 4. The van der Waals surface area contributed by atoms with Crippen molar-refractivity contribution in [3.05, 3.63) is 161 Å². The van der Waals surface area contributed by atoms with Gasteiger partial charge in [0.1, 0.15) is 11.6 Å². The molecule has 2 N–H and O–H groups in total. The van der Waals surface area contributed by atoms with E-state index in [4.69, 9.17) is 16.5 Å². The van der Waals surface area contributed by atoms with Crippen LogP contribution >= 0.6 is 0 Å². The molecular formula is C52H53N5O. The van der Waals surface area contributed by atoms with Crippen LogP contribution in [-0.2, 0) is 16.2 Å². The molecule has 2 heterocycles. The molecule has 5 aromatic carbocycles. The van der Waals surface area contributed by atoms with E-state index in [2.05, 4.69) is 145 Å². The van der Waals surface area contributed by atoms with Crippen LogP contribution < -0.4 is 5.32 Å². The van der Waals surface area contributed by atoms with Crippen molar-refractivity contribution in [3.63, 3.8) is 0 Å². The van der Waals surface area contributed by atoms with E-state index in [1.165, 1.54) is 16.7 Å². The smallest absolute Gasteiger partial charge is 0.188 e. The number of phenols is 1. The summed E-state index contributed by atoms with van der Waals surface area (Å²) in [6, 6.07) is 39.2. The molecule has 2 aromatic heterocycles. The lowest BCUT2D eigenvalue weighted by Crippen LogP contribution is -2.17. The Morgan fingerprint density at radius 1 is 0.690 bits per heavy atom. The SMILES string of the molecule is [C-]#[N+]c1ccc(O)c(-c2nc3c(-c4cc(-c5cc(/C(C)=C\Nc6ccccc6)ccn5)cc(C(C)(C)C)c4)cccc3n2-c2cc(C(C)(C)C)cc(C(C)(C)C)c2)c1. The molecule has 0 amide bonds. The van der Waals surface area contributed by atoms with Gasteiger partial charge in [0.2, 0.25) is 0 Å². The van der Waals surface area contributed by atoms with Crippen molar-refractivity contribution < 1.29 is 5.11 Å². The fourth-order valence-electron chi connectivity index (χ4n) is 7.16. The maximum Gasteiger partial charge on any atom is 0.188 e. The highest BCUT2D eigenvalue weighted by molar-refractivity contribution is 5.97. The Bertz CT molecular complexity index is 2690. The highest BCUT2D eigenvalue weighted by Gasteiger charge is 2.26. The third-order valence-corrected chi connectivity index (χ3v) is 10.8. The minimum absolute atomic E-state index is 0.0693.